The minimum atomic E-state index is 0.666. The molecule has 2 N–H and O–H groups in total. The second kappa shape index (κ2) is 5.81. The van der Waals surface area contributed by atoms with E-state index < -0.39 is 0 Å². The van der Waals surface area contributed by atoms with E-state index in [9.17, 15) is 0 Å². The van der Waals surface area contributed by atoms with E-state index in [0.29, 0.717) is 12.1 Å². The molecule has 3 nitrogen and oxygen atoms in total. The second-order valence-electron chi connectivity index (χ2n) is 6.48. The zero-order valence-electron chi connectivity index (χ0n) is 14.2. The maximum Gasteiger partial charge on any atom is 0.131 e. The lowest BCUT2D eigenvalue weighted by Crippen LogP contribution is -1.98. The molecular formula is C23H18N2O. The Morgan fingerprint density at radius 2 is 1.54 bits per heavy atom. The lowest BCUT2D eigenvalue weighted by atomic mass is 10.0. The van der Waals surface area contributed by atoms with E-state index in [4.69, 9.17) is 10.2 Å². The third-order valence-corrected chi connectivity index (χ3v) is 4.92. The molecule has 0 fully saturated rings. The van der Waals surface area contributed by atoms with E-state index in [2.05, 4.69) is 71.3 Å². The van der Waals surface area contributed by atoms with Crippen molar-refractivity contribution in [3.05, 3.63) is 96.4 Å². The van der Waals surface area contributed by atoms with Gasteiger partial charge in [-0.3, -0.25) is 0 Å². The van der Waals surface area contributed by atoms with Crippen LogP contribution < -0.4 is 5.73 Å². The zero-order valence-corrected chi connectivity index (χ0v) is 14.2. The molecule has 0 saturated heterocycles. The van der Waals surface area contributed by atoms with Crippen LogP contribution in [-0.4, -0.2) is 4.57 Å². The molecular weight excluding hydrogens is 320 g/mol. The van der Waals surface area contributed by atoms with Crippen molar-refractivity contribution in [1.29, 1.82) is 0 Å². The summed E-state index contributed by atoms with van der Waals surface area (Å²) in [5.74, 6) is 0.808. The van der Waals surface area contributed by atoms with Gasteiger partial charge in [-0.05, 0) is 29.8 Å². The van der Waals surface area contributed by atoms with E-state index in [0.717, 1.165) is 11.4 Å². The van der Waals surface area contributed by atoms with Gasteiger partial charge in [0.25, 0.3) is 0 Å². The van der Waals surface area contributed by atoms with E-state index in [1.807, 2.05) is 12.1 Å². The maximum absolute atomic E-state index is 6.06. The van der Waals surface area contributed by atoms with Gasteiger partial charge in [-0.1, -0.05) is 54.6 Å². The highest BCUT2D eigenvalue weighted by Gasteiger charge is 2.16. The Morgan fingerprint density at radius 3 is 2.35 bits per heavy atom. The number of hydrogen-bond acceptors (Lipinski definition) is 2. The lowest BCUT2D eigenvalue weighted by Gasteiger charge is -2.11. The van der Waals surface area contributed by atoms with Crippen LogP contribution in [0.3, 0.4) is 0 Å². The smallest absolute Gasteiger partial charge is 0.131 e. The highest BCUT2D eigenvalue weighted by atomic mass is 16.3. The van der Waals surface area contributed by atoms with Crippen LogP contribution >= 0.6 is 0 Å². The van der Waals surface area contributed by atoms with E-state index in [-0.39, 0.29) is 0 Å². The summed E-state index contributed by atoms with van der Waals surface area (Å²) >= 11 is 0. The number of rotatable bonds is 3. The SMILES string of the molecule is Nc1ccoc1Cc1cccc2c3ccccc3n(-c3ccccc3)c12. The number of benzene rings is 3. The molecule has 3 aromatic carbocycles. The van der Waals surface area contributed by atoms with E-state index in [1.54, 1.807) is 6.26 Å². The molecule has 0 unspecified atom stereocenters. The zero-order chi connectivity index (χ0) is 17.5. The molecule has 0 aliphatic carbocycles. The monoisotopic (exact) mass is 338 g/mol. The minimum absolute atomic E-state index is 0.666. The molecule has 5 rings (SSSR count). The number of nitrogens with zero attached hydrogens (tertiary/aromatic N) is 1. The number of aromatic nitrogens is 1. The summed E-state index contributed by atoms with van der Waals surface area (Å²) in [4.78, 5) is 0. The Labute approximate surface area is 151 Å². The average molecular weight is 338 g/mol. The summed E-state index contributed by atoms with van der Waals surface area (Å²) < 4.78 is 7.94. The molecule has 126 valence electrons. The van der Waals surface area contributed by atoms with Gasteiger partial charge in [0.15, 0.2) is 0 Å². The first-order chi connectivity index (χ1) is 12.8. The van der Waals surface area contributed by atoms with Crippen molar-refractivity contribution in [3.8, 4) is 5.69 Å². The minimum Gasteiger partial charge on any atom is -0.467 e. The van der Waals surface area contributed by atoms with Gasteiger partial charge in [-0.15, -0.1) is 0 Å². The van der Waals surface area contributed by atoms with Crippen molar-refractivity contribution in [2.24, 2.45) is 0 Å². The van der Waals surface area contributed by atoms with Crippen LogP contribution in [0.5, 0.6) is 0 Å². The molecule has 0 aliphatic heterocycles. The van der Waals surface area contributed by atoms with Crippen molar-refractivity contribution in [2.75, 3.05) is 5.73 Å². The number of fused-ring (bicyclic) bond motifs is 3. The first kappa shape index (κ1) is 14.8. The molecule has 2 aromatic heterocycles. The number of nitrogen functional groups attached to an aromatic ring is 1. The standard InChI is InChI=1S/C23H18N2O/c24-20-13-14-26-22(20)15-16-7-6-11-19-18-10-4-5-12-21(18)25(23(16)19)17-8-2-1-3-9-17/h1-14H,15,24H2. The number of nitrogens with two attached hydrogens (primary N) is 1. The predicted molar refractivity (Wildman–Crippen MR) is 107 cm³/mol. The van der Waals surface area contributed by atoms with Crippen molar-refractivity contribution < 1.29 is 4.42 Å². The first-order valence-electron chi connectivity index (χ1n) is 8.71. The number of anilines is 1. The number of furan rings is 1. The number of para-hydroxylation sites is 3. The fourth-order valence-corrected chi connectivity index (χ4v) is 3.74. The van der Waals surface area contributed by atoms with Gasteiger partial charge < -0.3 is 14.7 Å². The quantitative estimate of drug-likeness (QED) is 0.469. The van der Waals surface area contributed by atoms with E-state index >= 15 is 0 Å². The summed E-state index contributed by atoms with van der Waals surface area (Å²) in [5.41, 5.74) is 11.5. The summed E-state index contributed by atoms with van der Waals surface area (Å²) in [6.45, 7) is 0. The summed E-state index contributed by atoms with van der Waals surface area (Å²) in [6.07, 6.45) is 2.32. The largest absolute Gasteiger partial charge is 0.467 e. The predicted octanol–water partition coefficient (Wildman–Crippen LogP) is 5.55. The Hall–Kier alpha value is -3.46. The third kappa shape index (κ3) is 2.21. The Kier molecular flexibility index (Phi) is 3.32. The summed E-state index contributed by atoms with van der Waals surface area (Å²) in [7, 11) is 0. The van der Waals surface area contributed by atoms with Crippen LogP contribution in [0.1, 0.15) is 11.3 Å². The molecule has 0 aliphatic rings. The molecule has 3 heteroatoms. The fourth-order valence-electron chi connectivity index (χ4n) is 3.74. The van der Waals surface area contributed by atoms with Gasteiger partial charge in [0.1, 0.15) is 5.76 Å². The Balaban J connectivity index is 1.86. The Bertz CT molecular complexity index is 1220. The van der Waals surface area contributed by atoms with Crippen molar-refractivity contribution in [1.82, 2.24) is 4.57 Å². The normalized spacial score (nSPS) is 11.4. The average Bonchev–Trinajstić information content (AvgIpc) is 3.24. The lowest BCUT2D eigenvalue weighted by molar-refractivity contribution is 0.522. The molecule has 0 saturated carbocycles. The highest BCUT2D eigenvalue weighted by Crippen LogP contribution is 2.35. The molecule has 2 heterocycles. The molecule has 0 atom stereocenters. The van der Waals surface area contributed by atoms with Crippen LogP contribution in [-0.2, 0) is 6.42 Å². The van der Waals surface area contributed by atoms with E-state index in [1.165, 1.54) is 27.4 Å². The topological polar surface area (TPSA) is 44.1 Å². The second-order valence-corrected chi connectivity index (χ2v) is 6.48. The molecule has 0 radical (unpaired) electrons. The van der Waals surface area contributed by atoms with Crippen molar-refractivity contribution in [2.45, 2.75) is 6.42 Å². The van der Waals surface area contributed by atoms with Gasteiger partial charge in [0.2, 0.25) is 0 Å². The molecule has 26 heavy (non-hydrogen) atoms. The summed E-state index contributed by atoms with van der Waals surface area (Å²) in [5, 5.41) is 2.49. The van der Waals surface area contributed by atoms with Crippen molar-refractivity contribution >= 4 is 27.5 Å². The number of hydrogen-bond donors (Lipinski definition) is 1. The fraction of sp³-hybridized carbons (Fsp3) is 0.0435. The van der Waals surface area contributed by atoms with Gasteiger partial charge in [-0.25, -0.2) is 0 Å². The Morgan fingerprint density at radius 1 is 0.769 bits per heavy atom. The van der Waals surface area contributed by atoms with Crippen molar-refractivity contribution in [3.63, 3.8) is 0 Å². The third-order valence-electron chi connectivity index (χ3n) is 4.92. The van der Waals surface area contributed by atoms with Crippen LogP contribution in [0.25, 0.3) is 27.5 Å². The molecule has 0 spiro atoms. The maximum atomic E-state index is 6.06. The van der Waals surface area contributed by atoms with Crippen LogP contribution in [0.15, 0.2) is 89.5 Å². The van der Waals surface area contributed by atoms with Crippen LogP contribution in [0.2, 0.25) is 0 Å². The molecule has 0 amide bonds. The van der Waals surface area contributed by atoms with Crippen LogP contribution in [0.4, 0.5) is 5.69 Å². The van der Waals surface area contributed by atoms with Gasteiger partial charge in [0.05, 0.1) is 23.0 Å². The molecule has 0 bridgehead atoms. The van der Waals surface area contributed by atoms with Gasteiger partial charge in [0, 0.05) is 22.9 Å². The van der Waals surface area contributed by atoms with Gasteiger partial charge in [-0.2, -0.15) is 0 Å². The summed E-state index contributed by atoms with van der Waals surface area (Å²) in [6, 6.07) is 27.3. The van der Waals surface area contributed by atoms with Gasteiger partial charge >= 0.3 is 0 Å². The molecule has 5 aromatic rings. The van der Waals surface area contributed by atoms with Crippen LogP contribution in [0, 0.1) is 0 Å². The first-order valence-corrected chi connectivity index (χ1v) is 8.71. The highest BCUT2D eigenvalue weighted by molar-refractivity contribution is 6.10.